The van der Waals surface area contributed by atoms with Crippen molar-refractivity contribution in [1.29, 1.82) is 0 Å². The molecule has 1 saturated heterocycles. The van der Waals surface area contributed by atoms with Gasteiger partial charge in [0, 0.05) is 11.6 Å². The van der Waals surface area contributed by atoms with E-state index < -0.39 is 10.7 Å². The second kappa shape index (κ2) is 5.30. The molecule has 5 nitrogen and oxygen atoms in total. The van der Waals surface area contributed by atoms with Crippen LogP contribution in [0.3, 0.4) is 0 Å². The lowest BCUT2D eigenvalue weighted by Gasteiger charge is -2.13. The van der Waals surface area contributed by atoms with E-state index in [1.54, 1.807) is 6.92 Å². The fourth-order valence-corrected chi connectivity index (χ4v) is 2.04. The number of nitrogens with zero attached hydrogens (tertiary/aromatic N) is 1. The van der Waals surface area contributed by atoms with Gasteiger partial charge < -0.3 is 10.1 Å². The molecule has 1 heterocycles. The highest BCUT2D eigenvalue weighted by Crippen LogP contribution is 2.27. The highest BCUT2D eigenvalue weighted by molar-refractivity contribution is 5.45. The van der Waals surface area contributed by atoms with Gasteiger partial charge in [0.25, 0.3) is 5.69 Å². The molecule has 0 amide bonds. The van der Waals surface area contributed by atoms with Crippen LogP contribution < -0.4 is 10.1 Å². The Kier molecular flexibility index (Phi) is 3.76. The molecular formula is C12H15FN2O3. The molecule has 6 heteroatoms. The number of aryl methyl sites for hydroxylation is 1. The smallest absolute Gasteiger partial charge is 0.275 e. The molecule has 1 aromatic rings. The van der Waals surface area contributed by atoms with Gasteiger partial charge in [0.15, 0.2) is 11.6 Å². The first kappa shape index (κ1) is 12.8. The highest BCUT2D eigenvalue weighted by Gasteiger charge is 2.19. The Bertz CT molecular complexity index is 459. The minimum Gasteiger partial charge on any atom is -0.489 e. The van der Waals surface area contributed by atoms with Crippen LogP contribution in [0.25, 0.3) is 0 Å². The molecule has 1 aromatic carbocycles. The van der Waals surface area contributed by atoms with Gasteiger partial charge in [-0.2, -0.15) is 0 Å². The van der Waals surface area contributed by atoms with Gasteiger partial charge in [-0.1, -0.05) is 0 Å². The van der Waals surface area contributed by atoms with E-state index in [0.717, 1.165) is 25.5 Å². The Morgan fingerprint density at radius 3 is 3.00 bits per heavy atom. The lowest BCUT2D eigenvalue weighted by atomic mass is 10.2. The molecule has 0 aliphatic carbocycles. The summed E-state index contributed by atoms with van der Waals surface area (Å²) in [5.41, 5.74) is 0.176. The third kappa shape index (κ3) is 2.76. The zero-order valence-electron chi connectivity index (χ0n) is 10.1. The lowest BCUT2D eigenvalue weighted by molar-refractivity contribution is -0.385. The van der Waals surface area contributed by atoms with Crippen molar-refractivity contribution in [3.8, 4) is 5.75 Å². The maximum absolute atomic E-state index is 13.6. The van der Waals surface area contributed by atoms with E-state index in [1.165, 1.54) is 6.07 Å². The van der Waals surface area contributed by atoms with E-state index in [0.29, 0.717) is 12.2 Å². The van der Waals surface area contributed by atoms with Crippen LogP contribution in [0.15, 0.2) is 12.1 Å². The molecule has 2 rings (SSSR count). The first-order valence-electron chi connectivity index (χ1n) is 5.88. The predicted molar refractivity (Wildman–Crippen MR) is 64.3 cm³/mol. The van der Waals surface area contributed by atoms with Crippen LogP contribution in [-0.4, -0.2) is 24.1 Å². The van der Waals surface area contributed by atoms with Crippen molar-refractivity contribution in [1.82, 2.24) is 5.32 Å². The number of ether oxygens (including phenoxy) is 1. The van der Waals surface area contributed by atoms with Gasteiger partial charge in [-0.25, -0.2) is 4.39 Å². The van der Waals surface area contributed by atoms with Crippen LogP contribution in [0.4, 0.5) is 10.1 Å². The predicted octanol–water partition coefficient (Wildman–Crippen LogP) is 2.17. The first-order valence-corrected chi connectivity index (χ1v) is 5.88. The fourth-order valence-electron chi connectivity index (χ4n) is 2.04. The van der Waals surface area contributed by atoms with Crippen molar-refractivity contribution in [2.45, 2.75) is 25.8 Å². The Hall–Kier alpha value is -1.69. The number of hydrogen-bond acceptors (Lipinski definition) is 4. The molecule has 0 saturated carbocycles. The maximum Gasteiger partial charge on any atom is 0.275 e. The van der Waals surface area contributed by atoms with Crippen molar-refractivity contribution >= 4 is 5.69 Å². The van der Waals surface area contributed by atoms with Gasteiger partial charge in [0.1, 0.15) is 6.61 Å². The Morgan fingerprint density at radius 1 is 1.61 bits per heavy atom. The molecule has 98 valence electrons. The van der Waals surface area contributed by atoms with Crippen LogP contribution in [0.1, 0.15) is 18.4 Å². The number of halogens is 1. The van der Waals surface area contributed by atoms with Crippen molar-refractivity contribution in [2.24, 2.45) is 0 Å². The number of hydrogen-bond donors (Lipinski definition) is 1. The number of benzene rings is 1. The summed E-state index contributed by atoms with van der Waals surface area (Å²) in [6.07, 6.45) is 2.10. The minimum atomic E-state index is -0.690. The summed E-state index contributed by atoms with van der Waals surface area (Å²) in [5, 5.41) is 13.9. The molecule has 0 radical (unpaired) electrons. The van der Waals surface area contributed by atoms with Crippen molar-refractivity contribution in [2.75, 3.05) is 13.2 Å². The van der Waals surface area contributed by atoms with Crippen molar-refractivity contribution in [3.05, 3.63) is 33.6 Å². The maximum atomic E-state index is 13.6. The van der Waals surface area contributed by atoms with E-state index >= 15 is 0 Å². The fraction of sp³-hybridized carbons (Fsp3) is 0.500. The normalized spacial score (nSPS) is 18.9. The van der Waals surface area contributed by atoms with Crippen LogP contribution in [-0.2, 0) is 0 Å². The second-order valence-electron chi connectivity index (χ2n) is 4.43. The molecule has 0 bridgehead atoms. The SMILES string of the molecule is Cc1cc(OC[C@H]2CCCN2)c(F)cc1[N+](=O)[O-]. The molecule has 1 fully saturated rings. The second-order valence-corrected chi connectivity index (χ2v) is 4.43. The monoisotopic (exact) mass is 254 g/mol. The summed E-state index contributed by atoms with van der Waals surface area (Å²) in [6, 6.07) is 2.52. The number of nitrogens with one attached hydrogen (secondary N) is 1. The molecule has 1 aliphatic rings. The quantitative estimate of drug-likeness (QED) is 0.660. The van der Waals surface area contributed by atoms with Crippen LogP contribution in [0.2, 0.25) is 0 Å². The van der Waals surface area contributed by atoms with E-state index in [4.69, 9.17) is 4.74 Å². The van der Waals surface area contributed by atoms with Gasteiger partial charge in [-0.15, -0.1) is 0 Å². The molecule has 1 atom stereocenters. The van der Waals surface area contributed by atoms with E-state index in [2.05, 4.69) is 5.32 Å². The summed E-state index contributed by atoms with van der Waals surface area (Å²) in [7, 11) is 0. The summed E-state index contributed by atoms with van der Waals surface area (Å²) in [6.45, 7) is 2.90. The number of nitro benzene ring substituents is 1. The summed E-state index contributed by atoms with van der Waals surface area (Å²) >= 11 is 0. The van der Waals surface area contributed by atoms with Crippen molar-refractivity contribution in [3.63, 3.8) is 0 Å². The van der Waals surface area contributed by atoms with E-state index in [-0.39, 0.29) is 17.5 Å². The number of rotatable bonds is 4. The molecule has 1 N–H and O–H groups in total. The Morgan fingerprint density at radius 2 is 2.39 bits per heavy atom. The van der Waals surface area contributed by atoms with Gasteiger partial charge in [0.2, 0.25) is 0 Å². The van der Waals surface area contributed by atoms with Gasteiger partial charge >= 0.3 is 0 Å². The summed E-state index contributed by atoms with van der Waals surface area (Å²) in [5.74, 6) is -0.614. The van der Waals surface area contributed by atoms with E-state index in [1.807, 2.05) is 0 Å². The van der Waals surface area contributed by atoms with Crippen molar-refractivity contribution < 1.29 is 14.1 Å². The summed E-state index contributed by atoms with van der Waals surface area (Å²) in [4.78, 5) is 10.0. The summed E-state index contributed by atoms with van der Waals surface area (Å²) < 4.78 is 19.0. The Balaban J connectivity index is 2.08. The third-order valence-electron chi connectivity index (χ3n) is 3.05. The molecule has 0 unspecified atom stereocenters. The zero-order chi connectivity index (χ0) is 13.1. The van der Waals surface area contributed by atoms with Gasteiger partial charge in [-0.05, 0) is 32.4 Å². The highest BCUT2D eigenvalue weighted by atomic mass is 19.1. The van der Waals surface area contributed by atoms with Gasteiger partial charge in [-0.3, -0.25) is 10.1 Å². The zero-order valence-corrected chi connectivity index (χ0v) is 10.1. The van der Waals surface area contributed by atoms with Gasteiger partial charge in [0.05, 0.1) is 11.0 Å². The average Bonchev–Trinajstić information content (AvgIpc) is 2.82. The van der Waals surface area contributed by atoms with Crippen LogP contribution in [0, 0.1) is 22.9 Å². The topological polar surface area (TPSA) is 64.4 Å². The van der Waals surface area contributed by atoms with E-state index in [9.17, 15) is 14.5 Å². The lowest BCUT2D eigenvalue weighted by Crippen LogP contribution is -2.28. The first-order chi connectivity index (χ1) is 8.58. The molecule has 0 spiro atoms. The standard InChI is InChI=1S/C12H15FN2O3/c1-8-5-12(10(13)6-11(8)15(16)17)18-7-9-3-2-4-14-9/h5-6,9,14H,2-4,7H2,1H3/t9-/m1/s1. The minimum absolute atomic E-state index is 0.0757. The van der Waals surface area contributed by atoms with Crippen LogP contribution in [0.5, 0.6) is 5.75 Å². The molecular weight excluding hydrogens is 239 g/mol. The Labute approximate surface area is 104 Å². The third-order valence-corrected chi connectivity index (χ3v) is 3.05. The molecule has 18 heavy (non-hydrogen) atoms. The van der Waals surface area contributed by atoms with Crippen LogP contribution >= 0.6 is 0 Å². The molecule has 0 aromatic heterocycles. The number of nitro groups is 1. The largest absolute Gasteiger partial charge is 0.489 e. The average molecular weight is 254 g/mol. The molecule has 1 aliphatic heterocycles.